The fourth-order valence-corrected chi connectivity index (χ4v) is 1.78. The monoisotopic (exact) mass is 199 g/mol. The minimum absolute atomic E-state index is 0.0499. The minimum Gasteiger partial charge on any atom is -0.460 e. The Labute approximate surface area is 83.7 Å². The predicted molar refractivity (Wildman–Crippen MR) is 50.7 cm³/mol. The Morgan fingerprint density at radius 1 is 1.36 bits per heavy atom. The lowest BCUT2D eigenvalue weighted by atomic mass is 9.96. The first-order valence-corrected chi connectivity index (χ1v) is 5.35. The highest BCUT2D eigenvalue weighted by Gasteiger charge is 2.33. The third-order valence-corrected chi connectivity index (χ3v) is 2.97. The molecule has 4 heteroatoms. The van der Waals surface area contributed by atoms with Crippen LogP contribution in [0.15, 0.2) is 0 Å². The van der Waals surface area contributed by atoms with Gasteiger partial charge in [-0.2, -0.15) is 0 Å². The van der Waals surface area contributed by atoms with E-state index in [9.17, 15) is 4.79 Å². The molecule has 2 N–H and O–H groups in total. The molecule has 1 heterocycles. The van der Waals surface area contributed by atoms with Gasteiger partial charge in [0.1, 0.15) is 6.10 Å². The van der Waals surface area contributed by atoms with Gasteiger partial charge >= 0.3 is 5.97 Å². The van der Waals surface area contributed by atoms with Crippen molar-refractivity contribution in [2.24, 2.45) is 5.73 Å². The molecule has 0 amide bonds. The van der Waals surface area contributed by atoms with Crippen LogP contribution >= 0.6 is 0 Å². The molecule has 0 radical (unpaired) electrons. The van der Waals surface area contributed by atoms with Crippen molar-refractivity contribution in [2.75, 3.05) is 6.54 Å². The van der Waals surface area contributed by atoms with E-state index in [0.29, 0.717) is 6.54 Å². The predicted octanol–water partition coefficient (Wildman–Crippen LogP) is 0.588. The van der Waals surface area contributed by atoms with Crippen LogP contribution in [0.5, 0.6) is 0 Å². The van der Waals surface area contributed by atoms with E-state index in [1.165, 1.54) is 6.42 Å². The second-order valence-electron chi connectivity index (χ2n) is 4.05. The number of carbonyl (C=O) groups is 1. The highest BCUT2D eigenvalue weighted by Crippen LogP contribution is 2.25. The molecule has 2 rings (SSSR count). The third-order valence-electron chi connectivity index (χ3n) is 2.97. The molecule has 4 nitrogen and oxygen atoms in total. The van der Waals surface area contributed by atoms with Crippen molar-refractivity contribution in [1.29, 1.82) is 0 Å². The minimum atomic E-state index is -0.357. The normalized spacial score (nSPS) is 32.6. The lowest BCUT2D eigenvalue weighted by molar-refractivity contribution is -0.165. The Kier molecular flexibility index (Phi) is 3.03. The fraction of sp³-hybridized carbons (Fsp3) is 0.900. The topological polar surface area (TPSA) is 61.6 Å². The Morgan fingerprint density at radius 2 is 2.14 bits per heavy atom. The van der Waals surface area contributed by atoms with Crippen LogP contribution in [-0.2, 0) is 14.3 Å². The summed E-state index contributed by atoms with van der Waals surface area (Å²) < 4.78 is 10.7. The Bertz CT molecular complexity index is 215. The standard InChI is InChI=1S/C10H17NO3/c11-6-8-4-5-9(13-8)10(12)14-7-2-1-3-7/h7-9H,1-6,11H2. The zero-order valence-corrected chi connectivity index (χ0v) is 8.28. The van der Waals surface area contributed by atoms with Crippen molar-refractivity contribution in [2.45, 2.75) is 50.4 Å². The molecule has 2 unspecified atom stereocenters. The average Bonchev–Trinajstić information content (AvgIpc) is 2.59. The summed E-state index contributed by atoms with van der Waals surface area (Å²) in [4.78, 5) is 11.5. The lowest BCUT2D eigenvalue weighted by Gasteiger charge is -2.26. The van der Waals surface area contributed by atoms with Gasteiger partial charge in [-0.25, -0.2) is 4.79 Å². The van der Waals surface area contributed by atoms with Gasteiger partial charge in [-0.1, -0.05) is 0 Å². The summed E-state index contributed by atoms with van der Waals surface area (Å²) in [5.74, 6) is -0.189. The Hall–Kier alpha value is -0.610. The second-order valence-corrected chi connectivity index (χ2v) is 4.05. The molecule has 1 aliphatic carbocycles. The smallest absolute Gasteiger partial charge is 0.335 e. The summed E-state index contributed by atoms with van der Waals surface area (Å²) in [6.07, 6.45) is 4.68. The first-order chi connectivity index (χ1) is 6.79. The summed E-state index contributed by atoms with van der Waals surface area (Å²) in [5.41, 5.74) is 5.46. The van der Waals surface area contributed by atoms with Crippen LogP contribution < -0.4 is 5.73 Å². The van der Waals surface area contributed by atoms with E-state index in [1.54, 1.807) is 0 Å². The van der Waals surface area contributed by atoms with Gasteiger partial charge in [0, 0.05) is 6.54 Å². The second kappa shape index (κ2) is 4.28. The van der Waals surface area contributed by atoms with Gasteiger partial charge < -0.3 is 15.2 Å². The van der Waals surface area contributed by atoms with Crippen LogP contribution in [0.3, 0.4) is 0 Å². The largest absolute Gasteiger partial charge is 0.460 e. The number of hydrogen-bond acceptors (Lipinski definition) is 4. The Balaban J connectivity index is 1.74. The number of esters is 1. The van der Waals surface area contributed by atoms with E-state index in [2.05, 4.69) is 0 Å². The van der Waals surface area contributed by atoms with E-state index in [1.807, 2.05) is 0 Å². The van der Waals surface area contributed by atoms with E-state index in [-0.39, 0.29) is 24.3 Å². The summed E-state index contributed by atoms with van der Waals surface area (Å²) in [7, 11) is 0. The Morgan fingerprint density at radius 3 is 2.64 bits per heavy atom. The van der Waals surface area contributed by atoms with Crippen molar-refractivity contribution in [3.05, 3.63) is 0 Å². The summed E-state index contributed by atoms with van der Waals surface area (Å²) >= 11 is 0. The SMILES string of the molecule is NCC1CCC(C(=O)OC2CCC2)O1. The van der Waals surface area contributed by atoms with Gasteiger partial charge in [0.2, 0.25) is 0 Å². The van der Waals surface area contributed by atoms with Gasteiger partial charge in [0.05, 0.1) is 6.10 Å². The molecule has 0 spiro atoms. The molecule has 1 saturated heterocycles. The molecule has 0 bridgehead atoms. The molecule has 1 aliphatic heterocycles. The molecule has 0 aromatic heterocycles. The fourth-order valence-electron chi connectivity index (χ4n) is 1.78. The van der Waals surface area contributed by atoms with Gasteiger partial charge in [0.25, 0.3) is 0 Å². The highest BCUT2D eigenvalue weighted by atomic mass is 16.6. The number of rotatable bonds is 3. The summed E-state index contributed by atoms with van der Waals surface area (Å²) in [6.45, 7) is 0.493. The van der Waals surface area contributed by atoms with Crippen molar-refractivity contribution >= 4 is 5.97 Å². The van der Waals surface area contributed by atoms with E-state index >= 15 is 0 Å². The molecule has 0 aromatic rings. The third kappa shape index (κ3) is 2.07. The lowest BCUT2D eigenvalue weighted by Crippen LogP contribution is -2.32. The van der Waals surface area contributed by atoms with E-state index in [4.69, 9.17) is 15.2 Å². The molecule has 2 atom stereocenters. The molecule has 80 valence electrons. The zero-order valence-electron chi connectivity index (χ0n) is 8.28. The van der Waals surface area contributed by atoms with Crippen molar-refractivity contribution in [3.8, 4) is 0 Å². The first kappa shape index (κ1) is 9.93. The van der Waals surface area contributed by atoms with Crippen LogP contribution in [0.25, 0.3) is 0 Å². The molecular formula is C10H17NO3. The maximum Gasteiger partial charge on any atom is 0.335 e. The number of carbonyl (C=O) groups excluding carboxylic acids is 1. The highest BCUT2D eigenvalue weighted by molar-refractivity contribution is 5.75. The van der Waals surface area contributed by atoms with Crippen LogP contribution in [-0.4, -0.2) is 30.8 Å². The zero-order chi connectivity index (χ0) is 9.97. The maximum absolute atomic E-state index is 11.5. The van der Waals surface area contributed by atoms with E-state index in [0.717, 1.165) is 25.7 Å². The van der Waals surface area contributed by atoms with Gasteiger partial charge in [0.15, 0.2) is 6.10 Å². The molecular weight excluding hydrogens is 182 g/mol. The first-order valence-electron chi connectivity index (χ1n) is 5.35. The average molecular weight is 199 g/mol. The number of nitrogens with two attached hydrogens (primary N) is 1. The van der Waals surface area contributed by atoms with Crippen LogP contribution in [0.1, 0.15) is 32.1 Å². The van der Waals surface area contributed by atoms with Crippen molar-refractivity contribution < 1.29 is 14.3 Å². The van der Waals surface area contributed by atoms with E-state index < -0.39 is 0 Å². The van der Waals surface area contributed by atoms with Gasteiger partial charge in [-0.15, -0.1) is 0 Å². The van der Waals surface area contributed by atoms with Gasteiger partial charge in [-0.3, -0.25) is 0 Å². The summed E-state index contributed by atoms with van der Waals surface area (Å²) in [6, 6.07) is 0. The van der Waals surface area contributed by atoms with Crippen molar-refractivity contribution in [3.63, 3.8) is 0 Å². The number of ether oxygens (including phenoxy) is 2. The quantitative estimate of drug-likeness (QED) is 0.676. The summed E-state index contributed by atoms with van der Waals surface area (Å²) in [5, 5.41) is 0. The molecule has 2 fully saturated rings. The van der Waals surface area contributed by atoms with Crippen molar-refractivity contribution in [1.82, 2.24) is 0 Å². The van der Waals surface area contributed by atoms with Gasteiger partial charge in [-0.05, 0) is 32.1 Å². The molecule has 1 saturated carbocycles. The molecule has 2 aliphatic rings. The number of hydrogen-bond donors (Lipinski definition) is 1. The van der Waals surface area contributed by atoms with Crippen LogP contribution in [0.2, 0.25) is 0 Å². The van der Waals surface area contributed by atoms with Crippen LogP contribution in [0, 0.1) is 0 Å². The maximum atomic E-state index is 11.5. The van der Waals surface area contributed by atoms with Crippen LogP contribution in [0.4, 0.5) is 0 Å². The molecule has 0 aromatic carbocycles. The molecule has 14 heavy (non-hydrogen) atoms.